The monoisotopic (exact) mass is 284 g/mol. The molecule has 0 saturated heterocycles. The van der Waals surface area contributed by atoms with Gasteiger partial charge in [0, 0.05) is 6.20 Å². The standard InChI is InChI=1S/C4H3FN2O2.Na.H2O3Se.H/c5-2-1-6-4(9)7-3(2)8;;1-4(2)3;/h1H,(H2,6,7,8,9);;(H2,1,2,3);/q;+1;;-1. The molecule has 1 heterocycles. The maximum absolute atomic E-state index is 12.0. The number of H-pyrrole nitrogens is 2. The first-order valence-corrected chi connectivity index (χ1v) is 4.94. The molecule has 4 N–H and O–H groups in total. The Hall–Kier alpha value is -0.151. The summed E-state index contributed by atoms with van der Waals surface area (Å²) in [5, 5.41) is 0. The second-order valence-corrected chi connectivity index (χ2v) is 2.62. The van der Waals surface area contributed by atoms with E-state index in [1.807, 2.05) is 4.98 Å². The molecule has 0 atom stereocenters. The summed E-state index contributed by atoms with van der Waals surface area (Å²) < 4.78 is 35.1. The zero-order valence-electron chi connectivity index (χ0n) is 7.98. The summed E-state index contributed by atoms with van der Waals surface area (Å²) in [5.41, 5.74) is -1.71. The van der Waals surface area contributed by atoms with Crippen molar-refractivity contribution in [2.24, 2.45) is 0 Å². The molecule has 0 bridgehead atoms. The van der Waals surface area contributed by atoms with Crippen molar-refractivity contribution in [1.82, 2.24) is 9.97 Å². The summed E-state index contributed by atoms with van der Waals surface area (Å²) in [5.74, 6) is -0.991. The first-order chi connectivity index (χ1) is 5.93. The van der Waals surface area contributed by atoms with Gasteiger partial charge in [-0.2, -0.15) is 4.39 Å². The van der Waals surface area contributed by atoms with Crippen molar-refractivity contribution in [3.05, 3.63) is 32.9 Å². The van der Waals surface area contributed by atoms with Crippen LogP contribution in [0, 0.1) is 5.82 Å². The van der Waals surface area contributed by atoms with Crippen molar-refractivity contribution in [1.29, 1.82) is 0 Å². The van der Waals surface area contributed by atoms with E-state index in [0.29, 0.717) is 6.20 Å². The molecule has 0 radical (unpaired) electrons. The third kappa shape index (κ3) is 8.45. The zero-order valence-corrected chi connectivity index (χ0v) is 10.7. The molecule has 76 valence electrons. The molecule has 0 aliphatic rings. The third-order valence-electron chi connectivity index (χ3n) is 0.774. The summed E-state index contributed by atoms with van der Waals surface area (Å²) in [7, 11) is 0. The SMILES string of the molecule is O=[Se](O)O.O=c1[nH]cc(F)c(=O)[nH]1.[H-].[Na+]. The Morgan fingerprint density at radius 1 is 1.43 bits per heavy atom. The van der Waals surface area contributed by atoms with E-state index < -0.39 is 31.6 Å². The molecule has 0 saturated carbocycles. The van der Waals surface area contributed by atoms with E-state index in [2.05, 4.69) is 0 Å². The van der Waals surface area contributed by atoms with Crippen LogP contribution in [0.25, 0.3) is 0 Å². The fourth-order valence-corrected chi connectivity index (χ4v) is 0.393. The summed E-state index contributed by atoms with van der Waals surface area (Å²) in [6.07, 6.45) is 0.709. The minimum absolute atomic E-state index is 0. The minimum atomic E-state index is -3.29. The number of halogens is 1. The normalized spacial score (nSPS) is 8.57. The minimum Gasteiger partial charge on any atom is -1.00 e. The molecular formula is C4H6FN2NaO5Se. The number of nitrogens with one attached hydrogen (secondary N) is 2. The molecular weight excluding hydrogens is 277 g/mol. The average Bonchev–Trinajstić information content (AvgIpc) is 1.96. The molecule has 0 aliphatic carbocycles. The van der Waals surface area contributed by atoms with Crippen molar-refractivity contribution in [2.45, 2.75) is 0 Å². The van der Waals surface area contributed by atoms with Crippen molar-refractivity contribution in [2.75, 3.05) is 0 Å². The number of rotatable bonds is 0. The fraction of sp³-hybridized carbons (Fsp3) is 0. The van der Waals surface area contributed by atoms with Gasteiger partial charge >= 0.3 is 62.0 Å². The first-order valence-electron chi connectivity index (χ1n) is 2.71. The van der Waals surface area contributed by atoms with E-state index in [1.54, 1.807) is 4.98 Å². The van der Waals surface area contributed by atoms with E-state index in [-0.39, 0.29) is 31.0 Å². The van der Waals surface area contributed by atoms with Crippen LogP contribution in [0.4, 0.5) is 4.39 Å². The van der Waals surface area contributed by atoms with Crippen molar-refractivity contribution in [3.8, 4) is 0 Å². The van der Waals surface area contributed by atoms with Crippen molar-refractivity contribution >= 4 is 14.5 Å². The largest absolute Gasteiger partial charge is 1.00 e. The topological polar surface area (TPSA) is 123 Å². The van der Waals surface area contributed by atoms with Crippen LogP contribution in [-0.2, 0) is 3.83 Å². The van der Waals surface area contributed by atoms with Crippen molar-refractivity contribution < 1.29 is 47.6 Å². The Bertz CT molecular complexity index is 405. The molecule has 0 fully saturated rings. The van der Waals surface area contributed by atoms with Gasteiger partial charge in [0.1, 0.15) is 0 Å². The van der Waals surface area contributed by atoms with E-state index in [1.165, 1.54) is 0 Å². The Balaban J connectivity index is -0.000000213. The van der Waals surface area contributed by atoms with Crippen LogP contribution in [0.3, 0.4) is 0 Å². The maximum atomic E-state index is 12.0. The van der Waals surface area contributed by atoms with Crippen LogP contribution in [0.15, 0.2) is 15.8 Å². The van der Waals surface area contributed by atoms with Gasteiger partial charge in [0.05, 0.1) is 0 Å². The van der Waals surface area contributed by atoms with Crippen LogP contribution in [0.2, 0.25) is 0 Å². The summed E-state index contributed by atoms with van der Waals surface area (Å²) >= 11 is -3.29. The molecule has 1 aromatic heterocycles. The Labute approximate surface area is 105 Å². The Kier molecular flexibility index (Phi) is 9.52. The predicted octanol–water partition coefficient (Wildman–Crippen LogP) is -5.29. The van der Waals surface area contributed by atoms with Gasteiger partial charge in [0.25, 0.3) is 5.56 Å². The number of hydrogen-bond donors (Lipinski definition) is 4. The van der Waals surface area contributed by atoms with Crippen LogP contribution in [-0.4, -0.2) is 32.8 Å². The van der Waals surface area contributed by atoms with Gasteiger partial charge < -0.3 is 6.41 Å². The molecule has 10 heteroatoms. The number of aromatic amines is 2. The van der Waals surface area contributed by atoms with Gasteiger partial charge in [0.2, 0.25) is 5.82 Å². The van der Waals surface area contributed by atoms with Gasteiger partial charge in [0.15, 0.2) is 0 Å². The van der Waals surface area contributed by atoms with Gasteiger partial charge in [-0.15, -0.1) is 0 Å². The quantitative estimate of drug-likeness (QED) is 0.354. The van der Waals surface area contributed by atoms with E-state index >= 15 is 0 Å². The molecule has 0 unspecified atom stereocenters. The molecule has 1 aromatic rings. The van der Waals surface area contributed by atoms with Gasteiger partial charge in [-0.1, -0.05) is 0 Å². The smallest absolute Gasteiger partial charge is 1.00 e. The van der Waals surface area contributed by atoms with Crippen LogP contribution in [0.1, 0.15) is 1.43 Å². The van der Waals surface area contributed by atoms with Crippen LogP contribution < -0.4 is 40.8 Å². The number of hydrogen-bond acceptors (Lipinski definition) is 3. The molecule has 7 nitrogen and oxygen atoms in total. The first kappa shape index (κ1) is 16.3. The fourth-order valence-electron chi connectivity index (χ4n) is 0.393. The molecule has 1 rings (SSSR count). The molecule has 0 spiro atoms. The second-order valence-electron chi connectivity index (χ2n) is 1.65. The summed E-state index contributed by atoms with van der Waals surface area (Å²) in [6.45, 7) is 0. The predicted molar refractivity (Wildman–Crippen MR) is 39.6 cm³/mol. The molecule has 0 aliphatic heterocycles. The number of aromatic nitrogens is 2. The third-order valence-corrected chi connectivity index (χ3v) is 0.774. The van der Waals surface area contributed by atoms with E-state index in [9.17, 15) is 14.0 Å². The van der Waals surface area contributed by atoms with Crippen molar-refractivity contribution in [3.63, 3.8) is 0 Å². The van der Waals surface area contributed by atoms with Gasteiger partial charge in [-0.25, -0.2) is 4.79 Å². The van der Waals surface area contributed by atoms with E-state index in [4.69, 9.17) is 12.2 Å². The summed E-state index contributed by atoms with van der Waals surface area (Å²) in [4.78, 5) is 24.0. The van der Waals surface area contributed by atoms with E-state index in [0.717, 1.165) is 0 Å². The Morgan fingerprint density at radius 3 is 2.14 bits per heavy atom. The van der Waals surface area contributed by atoms with Crippen LogP contribution >= 0.6 is 0 Å². The maximum Gasteiger partial charge on any atom is 1.00 e. The van der Waals surface area contributed by atoms with Crippen LogP contribution in [0.5, 0.6) is 0 Å². The molecule has 14 heavy (non-hydrogen) atoms. The van der Waals surface area contributed by atoms with Gasteiger partial charge in [-0.05, 0) is 0 Å². The second kappa shape index (κ2) is 8.18. The van der Waals surface area contributed by atoms with Gasteiger partial charge in [-0.3, -0.25) is 9.78 Å². The summed E-state index contributed by atoms with van der Waals surface area (Å²) in [6, 6.07) is 0. The Morgan fingerprint density at radius 2 is 1.86 bits per heavy atom. The molecule has 0 aromatic carbocycles. The molecule has 0 amide bonds. The zero-order chi connectivity index (χ0) is 10.4. The average molecular weight is 283 g/mol.